The van der Waals surface area contributed by atoms with E-state index in [1.54, 1.807) is 29.7 Å². The summed E-state index contributed by atoms with van der Waals surface area (Å²) in [5, 5.41) is 0. The third-order valence-electron chi connectivity index (χ3n) is 6.44. The number of carbonyl (C=O) groups is 4. The number of carbonyl (C=O) groups excluding carboxylic acids is 4. The Labute approximate surface area is 202 Å². The van der Waals surface area contributed by atoms with E-state index >= 15 is 0 Å². The van der Waals surface area contributed by atoms with Crippen LogP contribution in [0.2, 0.25) is 0 Å². The second kappa shape index (κ2) is 8.87. The molecule has 0 aliphatic carbocycles. The number of ether oxygens (including phenoxy) is 3. The number of rotatable bonds is 5. The van der Waals surface area contributed by atoms with Crippen LogP contribution in [0.15, 0.2) is 53.6 Å². The second-order valence-corrected chi connectivity index (χ2v) is 8.38. The van der Waals surface area contributed by atoms with Crippen LogP contribution in [-0.4, -0.2) is 49.6 Å². The molecule has 1 aromatic heterocycles. The van der Waals surface area contributed by atoms with Gasteiger partial charge in [-0.25, -0.2) is 14.4 Å². The second-order valence-electron chi connectivity index (χ2n) is 8.38. The molecule has 8 heteroatoms. The molecule has 1 unspecified atom stereocenters. The lowest BCUT2D eigenvalue weighted by molar-refractivity contribution is -0.138. The van der Waals surface area contributed by atoms with Gasteiger partial charge in [0, 0.05) is 5.56 Å². The van der Waals surface area contributed by atoms with E-state index in [1.807, 2.05) is 30.3 Å². The van der Waals surface area contributed by atoms with Crippen molar-refractivity contribution in [1.82, 2.24) is 4.57 Å². The summed E-state index contributed by atoms with van der Waals surface area (Å²) in [7, 11) is 3.72. The number of allylic oxidation sites excluding steroid dienone is 2. The molecule has 0 saturated heterocycles. The summed E-state index contributed by atoms with van der Waals surface area (Å²) in [5.41, 5.74) is 1.42. The average molecular weight is 475 g/mol. The maximum absolute atomic E-state index is 13.2. The van der Waals surface area contributed by atoms with Crippen LogP contribution in [0, 0.1) is 0 Å². The summed E-state index contributed by atoms with van der Waals surface area (Å²) in [6, 6.07) is 9.19. The first-order valence-corrected chi connectivity index (χ1v) is 10.9. The Kier molecular flexibility index (Phi) is 6.06. The molecule has 35 heavy (non-hydrogen) atoms. The van der Waals surface area contributed by atoms with Crippen LogP contribution >= 0.6 is 0 Å². The van der Waals surface area contributed by atoms with E-state index in [4.69, 9.17) is 14.2 Å². The monoisotopic (exact) mass is 475 g/mol. The lowest BCUT2D eigenvalue weighted by atomic mass is 9.86. The highest BCUT2D eigenvalue weighted by Crippen LogP contribution is 2.50. The number of nitrogens with zero attached hydrogens (tertiary/aromatic N) is 1. The minimum absolute atomic E-state index is 0.0275. The van der Waals surface area contributed by atoms with Gasteiger partial charge in [0.25, 0.3) is 0 Å². The van der Waals surface area contributed by atoms with Gasteiger partial charge in [-0.2, -0.15) is 0 Å². The fourth-order valence-corrected chi connectivity index (χ4v) is 4.91. The van der Waals surface area contributed by atoms with Gasteiger partial charge in [0.1, 0.15) is 0 Å². The highest BCUT2D eigenvalue weighted by molar-refractivity contribution is 6.26. The fraction of sp³-hybridized carbons (Fsp3) is 0.259. The molecule has 1 atom stereocenters. The summed E-state index contributed by atoms with van der Waals surface area (Å²) >= 11 is 0. The Hall–Kier alpha value is -4.20. The lowest BCUT2D eigenvalue weighted by Gasteiger charge is -2.31. The van der Waals surface area contributed by atoms with Gasteiger partial charge < -0.3 is 18.8 Å². The molecule has 0 N–H and O–H groups in total. The largest absolute Gasteiger partial charge is 0.466 e. The molecule has 0 bridgehead atoms. The van der Waals surface area contributed by atoms with Crippen LogP contribution in [0.1, 0.15) is 42.0 Å². The Bertz CT molecular complexity index is 1360. The number of aromatic nitrogens is 1. The van der Waals surface area contributed by atoms with E-state index in [1.165, 1.54) is 28.3 Å². The van der Waals surface area contributed by atoms with Crippen LogP contribution in [0.4, 0.5) is 0 Å². The highest BCUT2D eigenvalue weighted by atomic mass is 16.5. The average Bonchev–Trinajstić information content (AvgIpc) is 3.33. The number of Topliss-reactive ketones (excluding diaryl/α,β-unsaturated/α-hetero) is 1. The van der Waals surface area contributed by atoms with E-state index in [-0.39, 0.29) is 34.6 Å². The highest BCUT2D eigenvalue weighted by Gasteiger charge is 2.47. The van der Waals surface area contributed by atoms with Crippen molar-refractivity contribution in [3.05, 3.63) is 70.6 Å². The maximum atomic E-state index is 13.2. The summed E-state index contributed by atoms with van der Waals surface area (Å²) in [6.07, 6.45) is 5.16. The number of methoxy groups -OCH3 is 3. The van der Waals surface area contributed by atoms with Crippen molar-refractivity contribution in [1.29, 1.82) is 0 Å². The molecule has 0 radical (unpaired) electrons. The molecular weight excluding hydrogens is 450 g/mol. The van der Waals surface area contributed by atoms with Crippen LogP contribution < -0.4 is 0 Å². The molecule has 0 fully saturated rings. The summed E-state index contributed by atoms with van der Waals surface area (Å²) in [4.78, 5) is 52.1. The van der Waals surface area contributed by atoms with E-state index in [9.17, 15) is 19.2 Å². The summed E-state index contributed by atoms with van der Waals surface area (Å²) in [5.74, 6) is -2.38. The van der Waals surface area contributed by atoms with Crippen molar-refractivity contribution in [2.75, 3.05) is 21.3 Å². The van der Waals surface area contributed by atoms with Crippen LogP contribution in [0.3, 0.4) is 0 Å². The molecule has 0 spiro atoms. The van der Waals surface area contributed by atoms with Crippen molar-refractivity contribution >= 4 is 35.3 Å². The molecule has 0 saturated carbocycles. The molecule has 3 heterocycles. The van der Waals surface area contributed by atoms with Gasteiger partial charge in [-0.15, -0.1) is 0 Å². The minimum Gasteiger partial charge on any atom is -0.466 e. The number of esters is 3. The van der Waals surface area contributed by atoms with E-state index < -0.39 is 23.4 Å². The quantitative estimate of drug-likeness (QED) is 0.281. The Balaban J connectivity index is 2.26. The zero-order valence-electron chi connectivity index (χ0n) is 20.1. The first-order chi connectivity index (χ1) is 16.7. The standard InChI is InChI=1S/C27H25NO7/c1-15(29)20-21(16-10-7-6-8-11-16)19-14-18(25(31)34-4)27(2)13-9-12-17(24(30)33-3)22(26(32)35-5)23(20)28(19)27/h6-11,13-14H,12H2,1-5H3/b13-9-,22-17-. The molecular formula is C27H25NO7. The van der Waals surface area contributed by atoms with Gasteiger partial charge in [0.2, 0.25) is 0 Å². The zero-order valence-corrected chi connectivity index (χ0v) is 20.1. The number of hydrogen-bond acceptors (Lipinski definition) is 7. The van der Waals surface area contributed by atoms with E-state index in [0.29, 0.717) is 22.4 Å². The molecule has 8 nitrogen and oxygen atoms in total. The van der Waals surface area contributed by atoms with Gasteiger partial charge in [0.15, 0.2) is 5.78 Å². The Morgan fingerprint density at radius 1 is 0.914 bits per heavy atom. The van der Waals surface area contributed by atoms with Crippen molar-refractivity contribution in [2.45, 2.75) is 25.8 Å². The molecule has 2 aliphatic rings. The smallest absolute Gasteiger partial charge is 0.340 e. The van der Waals surface area contributed by atoms with Crippen LogP contribution in [0.5, 0.6) is 0 Å². The molecule has 2 aliphatic heterocycles. The third-order valence-corrected chi connectivity index (χ3v) is 6.44. The Morgan fingerprint density at radius 2 is 1.54 bits per heavy atom. The van der Waals surface area contributed by atoms with Gasteiger partial charge in [-0.3, -0.25) is 4.79 Å². The van der Waals surface area contributed by atoms with Crippen molar-refractivity contribution in [3.63, 3.8) is 0 Å². The predicted molar refractivity (Wildman–Crippen MR) is 128 cm³/mol. The van der Waals surface area contributed by atoms with Gasteiger partial charge in [-0.05, 0) is 31.9 Å². The number of benzene rings is 1. The first-order valence-electron chi connectivity index (χ1n) is 10.9. The summed E-state index contributed by atoms with van der Waals surface area (Å²) in [6.45, 7) is 3.20. The van der Waals surface area contributed by atoms with Crippen molar-refractivity contribution < 1.29 is 33.4 Å². The predicted octanol–water partition coefficient (Wildman–Crippen LogP) is 3.70. The Morgan fingerprint density at radius 3 is 2.11 bits per heavy atom. The topological polar surface area (TPSA) is 101 Å². The van der Waals surface area contributed by atoms with Crippen LogP contribution in [-0.2, 0) is 34.1 Å². The SMILES string of the molecule is COC(=O)C1=Cc2c(-c3ccccc3)c(C(C)=O)c3n2C1(C)/C=C\C/C(C(=O)OC)=C\3C(=O)OC. The normalized spacial score (nSPS) is 21.2. The molecule has 180 valence electrons. The molecule has 0 amide bonds. The summed E-state index contributed by atoms with van der Waals surface area (Å²) < 4.78 is 16.9. The lowest BCUT2D eigenvalue weighted by Crippen LogP contribution is -2.34. The number of ketones is 1. The maximum Gasteiger partial charge on any atom is 0.340 e. The van der Waals surface area contributed by atoms with Crippen molar-refractivity contribution in [2.24, 2.45) is 0 Å². The van der Waals surface area contributed by atoms with E-state index in [0.717, 1.165) is 0 Å². The van der Waals surface area contributed by atoms with Gasteiger partial charge in [0.05, 0.1) is 60.5 Å². The molecule has 4 rings (SSSR count). The number of hydrogen-bond donors (Lipinski definition) is 0. The minimum atomic E-state index is -1.10. The fourth-order valence-electron chi connectivity index (χ4n) is 4.91. The van der Waals surface area contributed by atoms with Gasteiger partial charge in [-0.1, -0.05) is 42.5 Å². The first kappa shape index (κ1) is 23.9. The third kappa shape index (κ3) is 3.53. The van der Waals surface area contributed by atoms with Crippen LogP contribution in [0.25, 0.3) is 22.8 Å². The molecule has 1 aromatic carbocycles. The molecule has 2 aromatic rings. The van der Waals surface area contributed by atoms with Gasteiger partial charge >= 0.3 is 17.9 Å². The zero-order chi connectivity index (χ0) is 25.5. The van der Waals surface area contributed by atoms with Crippen molar-refractivity contribution in [3.8, 4) is 11.1 Å². The van der Waals surface area contributed by atoms with E-state index in [2.05, 4.69) is 0 Å².